The van der Waals surface area contributed by atoms with Gasteiger partial charge in [0.1, 0.15) is 23.3 Å². The van der Waals surface area contributed by atoms with Gasteiger partial charge >= 0.3 is 21.1 Å². The number of hydrogen-bond acceptors (Lipinski definition) is 3. The second kappa shape index (κ2) is 10.8. The van der Waals surface area contributed by atoms with Gasteiger partial charge in [0, 0.05) is 57.5 Å². The number of imidazole rings is 1. The maximum absolute atomic E-state index is 16.6. The van der Waals surface area contributed by atoms with Crippen LogP contribution >= 0.6 is 0 Å². The fourth-order valence-electron chi connectivity index (χ4n) is 7.59. The second-order valence-electron chi connectivity index (χ2n) is 13.0. The Morgan fingerprint density at radius 1 is 0.673 bits per heavy atom. The first-order valence-corrected chi connectivity index (χ1v) is 16.0. The van der Waals surface area contributed by atoms with Gasteiger partial charge in [-0.25, -0.2) is 9.37 Å². The fourth-order valence-corrected chi connectivity index (χ4v) is 7.59. The van der Waals surface area contributed by atoms with Crippen LogP contribution in [0, 0.1) is 12.1 Å². The summed E-state index contributed by atoms with van der Waals surface area (Å²) in [6.45, 7) is 4.47. The number of rotatable bonds is 3. The summed E-state index contributed by atoms with van der Waals surface area (Å²) >= 11 is 0. The first kappa shape index (κ1) is 29.8. The van der Waals surface area contributed by atoms with Crippen LogP contribution in [-0.2, 0) is 26.5 Å². The van der Waals surface area contributed by atoms with E-state index < -0.39 is 6.17 Å². The summed E-state index contributed by atoms with van der Waals surface area (Å²) in [6, 6.07) is 41.0. The van der Waals surface area contributed by atoms with Gasteiger partial charge in [-0.15, -0.1) is 29.8 Å². The van der Waals surface area contributed by atoms with E-state index in [1.807, 2.05) is 65.2 Å². The van der Waals surface area contributed by atoms with E-state index in [0.717, 1.165) is 71.9 Å². The molecule has 5 aromatic carbocycles. The number of fused-ring (bicyclic) bond motifs is 11. The Morgan fingerprint density at radius 3 is 2.39 bits per heavy atom. The molecule has 0 fully saturated rings. The van der Waals surface area contributed by atoms with Crippen LogP contribution in [0.1, 0.15) is 42.3 Å². The number of hydrogen-bond donors (Lipinski definition) is 0. The summed E-state index contributed by atoms with van der Waals surface area (Å²) in [5.41, 5.74) is 7.06. The Balaban J connectivity index is 0.00000325. The normalized spacial score (nSPS) is 14.1. The van der Waals surface area contributed by atoms with Crippen LogP contribution in [0.4, 0.5) is 4.39 Å². The van der Waals surface area contributed by atoms with Crippen molar-refractivity contribution in [1.29, 1.82) is 0 Å². The molecule has 238 valence electrons. The Morgan fingerprint density at radius 2 is 1.47 bits per heavy atom. The van der Waals surface area contributed by atoms with Crippen LogP contribution in [0.3, 0.4) is 0 Å². The van der Waals surface area contributed by atoms with Gasteiger partial charge in [0.15, 0.2) is 0 Å². The molecule has 0 saturated heterocycles. The Kier molecular flexibility index (Phi) is 6.59. The summed E-state index contributed by atoms with van der Waals surface area (Å²) in [6.07, 6.45) is 4.04. The number of halogens is 1. The molecule has 49 heavy (non-hydrogen) atoms. The van der Waals surface area contributed by atoms with Gasteiger partial charge in [-0.2, -0.15) is 18.2 Å². The molecule has 1 aliphatic rings. The van der Waals surface area contributed by atoms with Gasteiger partial charge in [0.25, 0.3) is 0 Å². The molecule has 7 heteroatoms. The molecule has 1 atom stereocenters. The van der Waals surface area contributed by atoms with E-state index in [9.17, 15) is 0 Å². The summed E-state index contributed by atoms with van der Waals surface area (Å²) < 4.78 is 27.2. The van der Waals surface area contributed by atoms with Crippen molar-refractivity contribution in [3.05, 3.63) is 156 Å². The van der Waals surface area contributed by atoms with Gasteiger partial charge in [-0.1, -0.05) is 72.3 Å². The average Bonchev–Trinajstić information content (AvgIpc) is 3.74. The summed E-state index contributed by atoms with van der Waals surface area (Å²) in [5, 5.41) is 4.92. The van der Waals surface area contributed by atoms with Gasteiger partial charge < -0.3 is 13.7 Å². The zero-order valence-electron chi connectivity index (χ0n) is 26.5. The molecule has 0 radical (unpaired) electrons. The predicted molar refractivity (Wildman–Crippen MR) is 188 cm³/mol. The van der Waals surface area contributed by atoms with Gasteiger partial charge in [-0.3, -0.25) is 4.98 Å². The molecular weight excluding hydrogens is 791 g/mol. The molecule has 0 N–H and O–H groups in total. The SMILES string of the molecule is CC1(C)c2ccccc2Oc2cc3c(cc21)c1cccnc1n3-c1[c-]c(C(F)c2[c-]c3c(cc2)c2ccccc2n2ccnc32)ccc1.[Pt+2]. The van der Waals surface area contributed by atoms with E-state index >= 15 is 4.39 Å². The van der Waals surface area contributed by atoms with Crippen molar-refractivity contribution in [2.45, 2.75) is 25.4 Å². The number of para-hydroxylation sites is 2. The Labute approximate surface area is 295 Å². The first-order chi connectivity index (χ1) is 23.5. The van der Waals surface area contributed by atoms with E-state index in [2.05, 4.69) is 78.0 Å². The van der Waals surface area contributed by atoms with Crippen LogP contribution in [0.15, 0.2) is 122 Å². The van der Waals surface area contributed by atoms with Crippen LogP contribution < -0.4 is 4.74 Å². The summed E-state index contributed by atoms with van der Waals surface area (Å²) in [5.74, 6) is 1.66. The first-order valence-electron chi connectivity index (χ1n) is 16.0. The summed E-state index contributed by atoms with van der Waals surface area (Å²) in [7, 11) is 0. The number of pyridine rings is 2. The van der Waals surface area contributed by atoms with E-state index in [1.165, 1.54) is 0 Å². The molecular formula is C42H27FN4OPt. The molecule has 0 spiro atoms. The van der Waals surface area contributed by atoms with Crippen LogP contribution in [0.25, 0.3) is 54.9 Å². The Hall–Kier alpha value is -5.32. The van der Waals surface area contributed by atoms with Crippen molar-refractivity contribution < 1.29 is 30.2 Å². The third-order valence-corrected chi connectivity index (χ3v) is 9.96. The standard InChI is InChI=1S/C42H27FN4O.Pt/c1-42(2)33-13-4-6-15-37(33)48-38-24-36-31(23-34(38)42)30-12-8-18-44-41(30)47(36)27-10-7-9-25(21-27)39(43)26-16-17-28-29-11-3-5-14-35(29)46-20-19-45-40(46)32(28)22-26;/h3-20,23-24,39H,1-2H3;/q-2;+2. The minimum Gasteiger partial charge on any atom is -0.457 e. The van der Waals surface area contributed by atoms with Gasteiger partial charge in [0.2, 0.25) is 0 Å². The van der Waals surface area contributed by atoms with Crippen molar-refractivity contribution in [3.8, 4) is 17.2 Å². The van der Waals surface area contributed by atoms with Gasteiger partial charge in [0.05, 0.1) is 11.2 Å². The summed E-state index contributed by atoms with van der Waals surface area (Å²) in [4.78, 5) is 9.41. The number of ether oxygens (including phenoxy) is 1. The maximum Gasteiger partial charge on any atom is 2.00 e. The van der Waals surface area contributed by atoms with E-state index in [1.54, 1.807) is 18.5 Å². The Bertz CT molecular complexity index is 2780. The minimum absolute atomic E-state index is 0. The van der Waals surface area contributed by atoms with Crippen LogP contribution in [0.2, 0.25) is 0 Å². The van der Waals surface area contributed by atoms with Crippen molar-refractivity contribution in [2.24, 2.45) is 0 Å². The maximum atomic E-state index is 16.6. The fraction of sp³-hybridized carbons (Fsp3) is 0.0952. The minimum atomic E-state index is -1.45. The van der Waals surface area contributed by atoms with E-state index in [-0.39, 0.29) is 26.5 Å². The molecule has 4 aromatic heterocycles. The van der Waals surface area contributed by atoms with Crippen LogP contribution in [-0.4, -0.2) is 18.9 Å². The molecule has 0 bridgehead atoms. The number of alkyl halides is 1. The monoisotopic (exact) mass is 817 g/mol. The molecule has 0 aliphatic carbocycles. The molecule has 1 aliphatic heterocycles. The zero-order chi connectivity index (χ0) is 32.1. The van der Waals surface area contributed by atoms with Gasteiger partial charge in [-0.05, 0) is 35.7 Å². The zero-order valence-corrected chi connectivity index (χ0v) is 28.8. The third kappa shape index (κ3) is 4.27. The molecule has 5 nitrogen and oxygen atoms in total. The number of benzene rings is 5. The molecule has 5 heterocycles. The van der Waals surface area contributed by atoms with E-state index in [0.29, 0.717) is 16.8 Å². The molecule has 1 unspecified atom stereocenters. The number of nitrogens with zero attached hydrogens (tertiary/aromatic N) is 4. The largest absolute Gasteiger partial charge is 2.00 e. The van der Waals surface area contributed by atoms with Crippen LogP contribution in [0.5, 0.6) is 11.5 Å². The molecule has 0 amide bonds. The molecule has 0 saturated carbocycles. The second-order valence-corrected chi connectivity index (χ2v) is 13.0. The third-order valence-electron chi connectivity index (χ3n) is 9.96. The topological polar surface area (TPSA) is 44.4 Å². The number of aromatic nitrogens is 4. The van der Waals surface area contributed by atoms with Crippen molar-refractivity contribution in [2.75, 3.05) is 0 Å². The molecule has 9 aromatic rings. The smallest absolute Gasteiger partial charge is 0.457 e. The van der Waals surface area contributed by atoms with E-state index in [4.69, 9.17) is 9.72 Å². The average molecular weight is 818 g/mol. The predicted octanol–water partition coefficient (Wildman–Crippen LogP) is 10.2. The molecule has 10 rings (SSSR count). The quantitative estimate of drug-likeness (QED) is 0.132. The van der Waals surface area contributed by atoms with Crippen molar-refractivity contribution >= 4 is 49.3 Å². The van der Waals surface area contributed by atoms with Crippen molar-refractivity contribution in [3.63, 3.8) is 0 Å². The van der Waals surface area contributed by atoms with Crippen molar-refractivity contribution in [1.82, 2.24) is 18.9 Å².